The van der Waals surface area contributed by atoms with Crippen molar-refractivity contribution in [3.8, 4) is 0 Å². The first kappa shape index (κ1) is 18.1. The van der Waals surface area contributed by atoms with Gasteiger partial charge in [-0.25, -0.2) is 8.78 Å². The van der Waals surface area contributed by atoms with Crippen LogP contribution < -0.4 is 10.6 Å². The molecule has 0 bridgehead atoms. The Morgan fingerprint density at radius 1 is 1.16 bits per heavy atom. The fraction of sp³-hybridized carbons (Fsp3) is 0.278. The molecule has 0 radical (unpaired) electrons. The average Bonchev–Trinajstić information content (AvgIpc) is 2.54. The highest BCUT2D eigenvalue weighted by atomic mass is 35.5. The zero-order valence-corrected chi connectivity index (χ0v) is 14.7. The van der Waals surface area contributed by atoms with E-state index in [1.165, 1.54) is 17.0 Å². The number of hydrogen-bond donors (Lipinski definition) is 1. The van der Waals surface area contributed by atoms with Gasteiger partial charge in [0, 0.05) is 12.6 Å². The van der Waals surface area contributed by atoms with Crippen molar-refractivity contribution in [1.29, 1.82) is 0 Å². The predicted octanol–water partition coefficient (Wildman–Crippen LogP) is 4.19. The van der Waals surface area contributed by atoms with E-state index in [0.29, 0.717) is 40.7 Å². The van der Waals surface area contributed by atoms with Gasteiger partial charge < -0.3 is 10.6 Å². The van der Waals surface area contributed by atoms with Gasteiger partial charge in [0.1, 0.15) is 11.6 Å². The number of nitrogens with zero attached hydrogens (tertiary/aromatic N) is 1. The molecular weight excluding hydrogens is 369 g/mol. The number of hydrogen-bond acceptors (Lipinski definition) is 2. The van der Waals surface area contributed by atoms with E-state index in [1.807, 2.05) is 0 Å². The zero-order chi connectivity index (χ0) is 18.1. The Kier molecular flexibility index (Phi) is 5.27. The average molecular weight is 385 g/mol. The van der Waals surface area contributed by atoms with Gasteiger partial charge in [-0.1, -0.05) is 35.3 Å². The first-order valence-electron chi connectivity index (χ1n) is 7.81. The molecule has 1 aliphatic rings. The summed E-state index contributed by atoms with van der Waals surface area (Å²) < 4.78 is 27.0. The Bertz CT molecular complexity index is 795. The van der Waals surface area contributed by atoms with Crippen LogP contribution in [-0.4, -0.2) is 18.5 Å². The largest absolute Gasteiger partial charge is 0.320 e. The van der Waals surface area contributed by atoms with Crippen LogP contribution in [0.1, 0.15) is 12.0 Å². The lowest BCUT2D eigenvalue weighted by Crippen LogP contribution is -2.52. The van der Waals surface area contributed by atoms with E-state index in [-0.39, 0.29) is 11.8 Å². The molecule has 7 heteroatoms. The second kappa shape index (κ2) is 7.28. The van der Waals surface area contributed by atoms with Gasteiger partial charge in [0.2, 0.25) is 5.91 Å². The minimum atomic E-state index is -0.727. The second-order valence-corrected chi connectivity index (χ2v) is 6.98. The van der Waals surface area contributed by atoms with Gasteiger partial charge in [-0.05, 0) is 42.5 Å². The van der Waals surface area contributed by atoms with E-state index in [0.717, 1.165) is 6.07 Å². The number of rotatable bonds is 3. The van der Waals surface area contributed by atoms with Crippen molar-refractivity contribution < 1.29 is 13.6 Å². The molecule has 0 saturated carbocycles. The number of carbonyl (C=O) groups is 1. The van der Waals surface area contributed by atoms with Crippen LogP contribution >= 0.6 is 23.2 Å². The lowest BCUT2D eigenvalue weighted by atomic mass is 9.88. The summed E-state index contributed by atoms with van der Waals surface area (Å²) >= 11 is 12.4. The van der Waals surface area contributed by atoms with Crippen molar-refractivity contribution >= 4 is 34.8 Å². The third kappa shape index (κ3) is 3.78. The Morgan fingerprint density at radius 2 is 1.84 bits per heavy atom. The second-order valence-electron chi connectivity index (χ2n) is 6.17. The maximum atomic E-state index is 13.9. The highest BCUT2D eigenvalue weighted by Gasteiger charge is 2.35. The Balaban J connectivity index is 1.87. The van der Waals surface area contributed by atoms with Crippen LogP contribution in [0.2, 0.25) is 10.0 Å². The summed E-state index contributed by atoms with van der Waals surface area (Å²) in [5, 5.41) is 0.698. The van der Waals surface area contributed by atoms with Gasteiger partial charge >= 0.3 is 0 Å². The summed E-state index contributed by atoms with van der Waals surface area (Å²) in [6, 6.07) is 7.74. The van der Waals surface area contributed by atoms with Crippen molar-refractivity contribution in [3.63, 3.8) is 0 Å². The normalized spacial score (nSPS) is 20.8. The van der Waals surface area contributed by atoms with Gasteiger partial charge in [-0.2, -0.15) is 0 Å². The molecule has 132 valence electrons. The topological polar surface area (TPSA) is 46.3 Å². The molecular formula is C18H16Cl2F2N2O. The number of amides is 1. The van der Waals surface area contributed by atoms with Crippen molar-refractivity contribution in [1.82, 2.24) is 0 Å². The number of para-hydroxylation sites is 1. The van der Waals surface area contributed by atoms with Gasteiger partial charge in [-0.15, -0.1) is 0 Å². The number of anilines is 1. The molecule has 3 nitrogen and oxygen atoms in total. The van der Waals surface area contributed by atoms with Gasteiger partial charge in [0.25, 0.3) is 0 Å². The van der Waals surface area contributed by atoms with Crippen LogP contribution in [0.5, 0.6) is 0 Å². The molecule has 25 heavy (non-hydrogen) atoms. The maximum Gasteiger partial charge on any atom is 0.244 e. The third-order valence-electron chi connectivity index (χ3n) is 4.34. The first-order valence-corrected chi connectivity index (χ1v) is 8.57. The molecule has 2 aromatic carbocycles. The third-order valence-corrected chi connectivity index (χ3v) is 4.95. The fourth-order valence-electron chi connectivity index (χ4n) is 3.18. The molecule has 2 atom stereocenters. The monoisotopic (exact) mass is 384 g/mol. The summed E-state index contributed by atoms with van der Waals surface area (Å²) in [5.41, 5.74) is 6.78. The van der Waals surface area contributed by atoms with Gasteiger partial charge in [-0.3, -0.25) is 4.79 Å². The maximum absolute atomic E-state index is 13.9. The minimum absolute atomic E-state index is 0.0972. The predicted molar refractivity (Wildman–Crippen MR) is 95.0 cm³/mol. The number of nitrogens with two attached hydrogens (primary N) is 1. The summed E-state index contributed by atoms with van der Waals surface area (Å²) in [6.45, 7) is 0.312. The van der Waals surface area contributed by atoms with Gasteiger partial charge in [0.05, 0.1) is 21.8 Å². The highest BCUT2D eigenvalue weighted by molar-refractivity contribution is 6.40. The van der Waals surface area contributed by atoms with Crippen LogP contribution in [-0.2, 0) is 11.2 Å². The molecule has 2 aromatic rings. The van der Waals surface area contributed by atoms with Crippen molar-refractivity contribution in [2.24, 2.45) is 11.7 Å². The number of benzene rings is 2. The van der Waals surface area contributed by atoms with E-state index >= 15 is 0 Å². The smallest absolute Gasteiger partial charge is 0.244 e. The Morgan fingerprint density at radius 3 is 2.48 bits per heavy atom. The molecule has 1 heterocycles. The van der Waals surface area contributed by atoms with Crippen LogP contribution in [0.25, 0.3) is 0 Å². The van der Waals surface area contributed by atoms with Crippen LogP contribution in [0.15, 0.2) is 36.4 Å². The molecule has 3 rings (SSSR count). The molecule has 0 aliphatic carbocycles. The number of halogens is 4. The van der Waals surface area contributed by atoms with Crippen LogP contribution in [0.4, 0.5) is 14.5 Å². The number of piperidine rings is 1. The van der Waals surface area contributed by atoms with Crippen molar-refractivity contribution in [3.05, 3.63) is 63.6 Å². The zero-order valence-electron chi connectivity index (χ0n) is 13.2. The molecule has 1 fully saturated rings. The molecule has 2 N–H and O–H groups in total. The fourth-order valence-corrected chi connectivity index (χ4v) is 3.78. The quantitative estimate of drug-likeness (QED) is 0.861. The molecule has 0 unspecified atom stereocenters. The minimum Gasteiger partial charge on any atom is -0.320 e. The summed E-state index contributed by atoms with van der Waals surface area (Å²) in [5.74, 6) is -1.60. The first-order chi connectivity index (χ1) is 11.9. The SMILES string of the molecule is N[C@H]1C[C@@H](Cc2ccc(F)cc2F)CN(c2c(Cl)cccc2Cl)C1=O. The lowest BCUT2D eigenvalue weighted by Gasteiger charge is -2.36. The van der Waals surface area contributed by atoms with Crippen molar-refractivity contribution in [2.45, 2.75) is 18.9 Å². The van der Waals surface area contributed by atoms with Crippen molar-refractivity contribution in [2.75, 3.05) is 11.4 Å². The molecule has 1 aliphatic heterocycles. The lowest BCUT2D eigenvalue weighted by molar-refractivity contribution is -0.121. The Labute approximate surface area is 154 Å². The molecule has 0 aromatic heterocycles. The molecule has 1 saturated heterocycles. The van der Waals surface area contributed by atoms with Gasteiger partial charge in [0.15, 0.2) is 0 Å². The van der Waals surface area contributed by atoms with Crippen LogP contribution in [0, 0.1) is 17.6 Å². The Hall–Kier alpha value is -1.69. The van der Waals surface area contributed by atoms with E-state index in [1.54, 1.807) is 18.2 Å². The number of carbonyl (C=O) groups excluding carboxylic acids is 1. The van der Waals surface area contributed by atoms with E-state index < -0.39 is 17.7 Å². The molecule has 1 amide bonds. The summed E-state index contributed by atoms with van der Waals surface area (Å²) in [6.07, 6.45) is 0.750. The standard InChI is InChI=1S/C18H16Cl2F2N2O/c19-13-2-1-3-14(20)17(13)24-9-10(7-16(23)18(24)25)6-11-4-5-12(21)8-15(11)22/h1-5,8,10,16H,6-7,9,23H2/t10-,16+/m1/s1. The van der Waals surface area contributed by atoms with E-state index in [2.05, 4.69) is 0 Å². The van der Waals surface area contributed by atoms with E-state index in [4.69, 9.17) is 28.9 Å². The van der Waals surface area contributed by atoms with Crippen LogP contribution in [0.3, 0.4) is 0 Å². The summed E-state index contributed by atoms with van der Waals surface area (Å²) in [4.78, 5) is 14.0. The highest BCUT2D eigenvalue weighted by Crippen LogP contribution is 2.36. The molecule has 0 spiro atoms. The summed E-state index contributed by atoms with van der Waals surface area (Å²) in [7, 11) is 0. The van der Waals surface area contributed by atoms with E-state index in [9.17, 15) is 13.6 Å².